The van der Waals surface area contributed by atoms with Gasteiger partial charge in [-0.05, 0) is 18.2 Å². The van der Waals surface area contributed by atoms with E-state index in [1.165, 1.54) is 0 Å². The standard InChI is InChI=1S/C8H4BrNO2.Li/c9-4-1-2-5-6(3-4)8(12)10-7(5)11;/h1-3H,(H,10,11,12);/q;+1. The van der Waals surface area contributed by atoms with Gasteiger partial charge in [-0.25, -0.2) is 0 Å². The maximum absolute atomic E-state index is 11.1. The fraction of sp³-hybridized carbons (Fsp3) is 0. The molecule has 1 aromatic rings. The summed E-state index contributed by atoms with van der Waals surface area (Å²) in [6, 6.07) is 4.99. The molecule has 1 aliphatic rings. The van der Waals surface area contributed by atoms with Crippen molar-refractivity contribution in [1.29, 1.82) is 0 Å². The second kappa shape index (κ2) is 3.67. The number of hydrogen-bond acceptors (Lipinski definition) is 2. The van der Waals surface area contributed by atoms with Gasteiger partial charge in [0.1, 0.15) is 0 Å². The molecule has 60 valence electrons. The molecule has 0 saturated heterocycles. The maximum Gasteiger partial charge on any atom is 1.00 e. The Bertz CT molecular complexity index is 392. The molecular weight excluding hydrogens is 229 g/mol. The van der Waals surface area contributed by atoms with Gasteiger partial charge in [-0.3, -0.25) is 14.9 Å². The van der Waals surface area contributed by atoms with Gasteiger partial charge < -0.3 is 0 Å². The van der Waals surface area contributed by atoms with Crippen LogP contribution >= 0.6 is 15.9 Å². The molecule has 0 aliphatic carbocycles. The Hall–Kier alpha value is -0.563. The van der Waals surface area contributed by atoms with E-state index < -0.39 is 0 Å². The molecule has 2 amide bonds. The van der Waals surface area contributed by atoms with Crippen molar-refractivity contribution in [3.63, 3.8) is 0 Å². The normalized spacial score (nSPS) is 13.3. The van der Waals surface area contributed by atoms with Gasteiger partial charge >= 0.3 is 18.9 Å². The van der Waals surface area contributed by atoms with Crippen molar-refractivity contribution in [2.24, 2.45) is 0 Å². The van der Waals surface area contributed by atoms with Gasteiger partial charge in [-0.1, -0.05) is 15.9 Å². The average molecular weight is 233 g/mol. The van der Waals surface area contributed by atoms with Gasteiger partial charge in [0.05, 0.1) is 11.1 Å². The summed E-state index contributed by atoms with van der Waals surface area (Å²) in [5, 5.41) is 2.21. The van der Waals surface area contributed by atoms with Gasteiger partial charge in [0.25, 0.3) is 11.8 Å². The summed E-state index contributed by atoms with van der Waals surface area (Å²) in [7, 11) is 0. The summed E-state index contributed by atoms with van der Waals surface area (Å²) in [4.78, 5) is 22.1. The van der Waals surface area contributed by atoms with Crippen LogP contribution in [0.15, 0.2) is 22.7 Å². The number of hydrogen-bond donors (Lipinski definition) is 1. The van der Waals surface area contributed by atoms with Crippen molar-refractivity contribution in [3.8, 4) is 0 Å². The Morgan fingerprint density at radius 1 is 1.08 bits per heavy atom. The summed E-state index contributed by atoms with van der Waals surface area (Å²) in [5.41, 5.74) is 0.887. The van der Waals surface area contributed by atoms with Crippen molar-refractivity contribution < 1.29 is 28.4 Å². The third-order valence-electron chi connectivity index (χ3n) is 1.70. The molecule has 1 aliphatic heterocycles. The molecule has 0 saturated carbocycles. The minimum atomic E-state index is -0.323. The van der Waals surface area contributed by atoms with Gasteiger partial charge in [0, 0.05) is 4.47 Å². The van der Waals surface area contributed by atoms with E-state index in [2.05, 4.69) is 21.2 Å². The number of fused-ring (bicyclic) bond motifs is 1. The molecule has 0 radical (unpaired) electrons. The van der Waals surface area contributed by atoms with Crippen LogP contribution in [0.5, 0.6) is 0 Å². The molecule has 0 bridgehead atoms. The predicted molar refractivity (Wildman–Crippen MR) is 45.9 cm³/mol. The van der Waals surface area contributed by atoms with Crippen molar-refractivity contribution >= 4 is 27.7 Å². The fourth-order valence-corrected chi connectivity index (χ4v) is 1.50. The van der Waals surface area contributed by atoms with Gasteiger partial charge in [0.15, 0.2) is 0 Å². The van der Waals surface area contributed by atoms with E-state index in [9.17, 15) is 9.59 Å². The Morgan fingerprint density at radius 3 is 2.38 bits per heavy atom. The molecule has 5 heteroatoms. The van der Waals surface area contributed by atoms with Crippen molar-refractivity contribution in [1.82, 2.24) is 5.32 Å². The molecule has 3 nitrogen and oxygen atoms in total. The van der Waals surface area contributed by atoms with Gasteiger partial charge in [-0.15, -0.1) is 0 Å². The van der Waals surface area contributed by atoms with Gasteiger partial charge in [-0.2, -0.15) is 0 Å². The van der Waals surface area contributed by atoms with E-state index in [0.29, 0.717) is 11.1 Å². The van der Waals surface area contributed by atoms with Crippen molar-refractivity contribution in [2.45, 2.75) is 0 Å². The van der Waals surface area contributed by atoms with Gasteiger partial charge in [0.2, 0.25) is 0 Å². The molecule has 0 unspecified atom stereocenters. The number of carbonyl (C=O) groups excluding carboxylic acids is 2. The summed E-state index contributed by atoms with van der Waals surface area (Å²) in [6.45, 7) is 0. The third kappa shape index (κ3) is 1.71. The number of benzene rings is 1. The summed E-state index contributed by atoms with van der Waals surface area (Å²) < 4.78 is 0.797. The maximum atomic E-state index is 11.1. The molecule has 1 N–H and O–H groups in total. The minimum Gasteiger partial charge on any atom is -0.288 e. The minimum absolute atomic E-state index is 0. The molecule has 13 heavy (non-hydrogen) atoms. The zero-order valence-electron chi connectivity index (χ0n) is 6.93. The first kappa shape index (κ1) is 10.5. The zero-order valence-corrected chi connectivity index (χ0v) is 8.51. The van der Waals surface area contributed by atoms with Crippen LogP contribution in [0, 0.1) is 0 Å². The van der Waals surface area contributed by atoms with Crippen LogP contribution in [-0.2, 0) is 0 Å². The molecule has 0 spiro atoms. The van der Waals surface area contributed by atoms with Crippen LogP contribution in [0.25, 0.3) is 0 Å². The van der Waals surface area contributed by atoms with E-state index in [-0.39, 0.29) is 30.7 Å². The van der Waals surface area contributed by atoms with Crippen LogP contribution in [0.3, 0.4) is 0 Å². The Morgan fingerprint density at radius 2 is 1.69 bits per heavy atom. The second-order valence-electron chi connectivity index (χ2n) is 2.47. The second-order valence-corrected chi connectivity index (χ2v) is 3.39. The molecular formula is C8H4BrLiNO2+. The van der Waals surface area contributed by atoms with Crippen LogP contribution in [0.1, 0.15) is 20.7 Å². The predicted octanol–water partition coefficient (Wildman–Crippen LogP) is -1.66. The molecule has 0 atom stereocenters. The number of rotatable bonds is 0. The smallest absolute Gasteiger partial charge is 0.288 e. The number of halogens is 1. The van der Waals surface area contributed by atoms with E-state index in [0.717, 1.165) is 4.47 Å². The van der Waals surface area contributed by atoms with E-state index >= 15 is 0 Å². The van der Waals surface area contributed by atoms with Crippen LogP contribution in [0.2, 0.25) is 0 Å². The quantitative estimate of drug-likeness (QED) is 0.430. The summed E-state index contributed by atoms with van der Waals surface area (Å²) in [5.74, 6) is -0.640. The largest absolute Gasteiger partial charge is 1.00 e. The first-order valence-electron chi connectivity index (χ1n) is 3.34. The number of nitrogens with one attached hydrogen (secondary N) is 1. The number of imide groups is 1. The summed E-state index contributed by atoms with van der Waals surface area (Å²) in [6.07, 6.45) is 0. The molecule has 2 rings (SSSR count). The average Bonchev–Trinajstić information content (AvgIpc) is 2.28. The first-order valence-corrected chi connectivity index (χ1v) is 4.13. The third-order valence-corrected chi connectivity index (χ3v) is 2.19. The Kier molecular flexibility index (Phi) is 2.97. The molecule has 0 fully saturated rings. The zero-order chi connectivity index (χ0) is 8.72. The molecule has 1 heterocycles. The molecule has 1 aromatic carbocycles. The SMILES string of the molecule is O=C1NC(=O)c2cc(Br)ccc21.[Li+]. The molecule has 0 aromatic heterocycles. The van der Waals surface area contributed by atoms with E-state index in [4.69, 9.17) is 0 Å². The fourth-order valence-electron chi connectivity index (χ4n) is 1.14. The Labute approximate surface area is 95.2 Å². The summed E-state index contributed by atoms with van der Waals surface area (Å²) >= 11 is 3.22. The van der Waals surface area contributed by atoms with E-state index in [1.54, 1.807) is 18.2 Å². The topological polar surface area (TPSA) is 46.2 Å². The van der Waals surface area contributed by atoms with Crippen molar-refractivity contribution in [2.75, 3.05) is 0 Å². The van der Waals surface area contributed by atoms with Crippen molar-refractivity contribution in [3.05, 3.63) is 33.8 Å². The van der Waals surface area contributed by atoms with Crippen LogP contribution in [0.4, 0.5) is 0 Å². The number of carbonyl (C=O) groups is 2. The first-order chi connectivity index (χ1) is 5.68. The van der Waals surface area contributed by atoms with Crippen LogP contribution in [-0.4, -0.2) is 11.8 Å². The van der Waals surface area contributed by atoms with Crippen LogP contribution < -0.4 is 24.2 Å². The monoisotopic (exact) mass is 232 g/mol. The van der Waals surface area contributed by atoms with E-state index in [1.807, 2.05) is 0 Å². The Balaban J connectivity index is 0.000000845. The number of amides is 2.